The molecule has 2 nitrogen and oxygen atoms in total. The third kappa shape index (κ3) is 4.36. The Hall–Kier alpha value is -0.280. The molecule has 0 unspecified atom stereocenters. The highest BCUT2D eigenvalue weighted by Crippen LogP contribution is 2.34. The first-order chi connectivity index (χ1) is 9.58. The fraction of sp³-hybridized carbons (Fsp3) is 0.625. The Morgan fingerprint density at radius 1 is 1.30 bits per heavy atom. The number of piperidine rings is 1. The number of hydrogen-bond donors (Lipinski definition) is 1. The molecule has 2 rings (SSSR count). The minimum atomic E-state index is 0.498. The first-order valence-electron chi connectivity index (χ1n) is 7.31. The molecular formula is C16H23Cl2NO. The van der Waals surface area contributed by atoms with E-state index in [0.717, 1.165) is 32.7 Å². The van der Waals surface area contributed by atoms with Gasteiger partial charge in [0.15, 0.2) is 0 Å². The Kier molecular flexibility index (Phi) is 6.16. The number of nitrogens with one attached hydrogen (secondary N) is 1. The lowest BCUT2D eigenvalue weighted by molar-refractivity contribution is 0.0642. The van der Waals surface area contributed by atoms with Crippen LogP contribution in [0.3, 0.4) is 0 Å². The molecule has 1 aromatic carbocycles. The molecule has 0 spiro atoms. The van der Waals surface area contributed by atoms with E-state index < -0.39 is 0 Å². The predicted molar refractivity (Wildman–Crippen MR) is 85.8 cm³/mol. The van der Waals surface area contributed by atoms with Crippen LogP contribution in [0.1, 0.15) is 31.7 Å². The van der Waals surface area contributed by atoms with E-state index >= 15 is 0 Å². The zero-order valence-electron chi connectivity index (χ0n) is 12.2. The van der Waals surface area contributed by atoms with Gasteiger partial charge in [-0.05, 0) is 42.5 Å². The molecule has 1 heterocycles. The summed E-state index contributed by atoms with van der Waals surface area (Å²) in [6, 6.07) is 6.00. The quantitative estimate of drug-likeness (QED) is 0.871. The van der Waals surface area contributed by atoms with Gasteiger partial charge < -0.3 is 10.1 Å². The minimum absolute atomic E-state index is 0.498. The average Bonchev–Trinajstić information content (AvgIpc) is 2.42. The largest absolute Gasteiger partial charge is 0.381 e. The summed E-state index contributed by atoms with van der Waals surface area (Å²) in [6.07, 6.45) is 1.12. The first-order valence-corrected chi connectivity index (χ1v) is 8.07. The van der Waals surface area contributed by atoms with Crippen LogP contribution in [0.4, 0.5) is 0 Å². The highest BCUT2D eigenvalue weighted by molar-refractivity contribution is 6.42. The molecule has 1 aliphatic rings. The predicted octanol–water partition coefficient (Wildman–Crippen LogP) is 4.36. The van der Waals surface area contributed by atoms with E-state index in [1.165, 1.54) is 5.56 Å². The molecule has 4 heteroatoms. The molecule has 1 aliphatic heterocycles. The summed E-state index contributed by atoms with van der Waals surface area (Å²) >= 11 is 12.2. The molecule has 1 saturated heterocycles. The summed E-state index contributed by atoms with van der Waals surface area (Å²) in [7, 11) is 0. The van der Waals surface area contributed by atoms with Gasteiger partial charge in [-0.1, -0.05) is 43.1 Å². The van der Waals surface area contributed by atoms with Crippen LogP contribution in [0.25, 0.3) is 0 Å². The molecule has 112 valence electrons. The van der Waals surface area contributed by atoms with Crippen molar-refractivity contribution in [2.45, 2.75) is 26.2 Å². The fourth-order valence-corrected chi connectivity index (χ4v) is 3.04. The molecule has 1 aromatic rings. The lowest BCUT2D eigenvalue weighted by Crippen LogP contribution is -2.38. The number of ether oxygens (including phenoxy) is 1. The van der Waals surface area contributed by atoms with Gasteiger partial charge in [0.1, 0.15) is 0 Å². The van der Waals surface area contributed by atoms with E-state index in [2.05, 4.69) is 25.2 Å². The molecule has 0 amide bonds. The molecule has 0 aliphatic carbocycles. The maximum atomic E-state index is 6.15. The van der Waals surface area contributed by atoms with Gasteiger partial charge in [-0.25, -0.2) is 0 Å². The van der Waals surface area contributed by atoms with Crippen LogP contribution in [0.2, 0.25) is 10.0 Å². The third-order valence-electron chi connectivity index (χ3n) is 3.76. The van der Waals surface area contributed by atoms with Crippen LogP contribution in [0.15, 0.2) is 18.2 Å². The van der Waals surface area contributed by atoms with E-state index in [9.17, 15) is 0 Å². The van der Waals surface area contributed by atoms with Gasteiger partial charge >= 0.3 is 0 Å². The van der Waals surface area contributed by atoms with Crippen molar-refractivity contribution >= 4 is 23.2 Å². The van der Waals surface area contributed by atoms with Crippen molar-refractivity contribution in [2.75, 3.05) is 26.3 Å². The molecule has 1 N–H and O–H groups in total. The summed E-state index contributed by atoms with van der Waals surface area (Å²) in [5.41, 5.74) is 1.28. The Morgan fingerprint density at radius 3 is 2.80 bits per heavy atom. The van der Waals surface area contributed by atoms with Crippen molar-refractivity contribution in [1.29, 1.82) is 0 Å². The van der Waals surface area contributed by atoms with E-state index in [0.29, 0.717) is 27.8 Å². The van der Waals surface area contributed by atoms with Crippen LogP contribution in [-0.2, 0) is 4.74 Å². The molecule has 1 fully saturated rings. The van der Waals surface area contributed by atoms with E-state index in [4.69, 9.17) is 27.9 Å². The molecule has 0 bridgehead atoms. The maximum Gasteiger partial charge on any atom is 0.0595 e. The Bertz CT molecular complexity index is 436. The van der Waals surface area contributed by atoms with Crippen molar-refractivity contribution in [3.63, 3.8) is 0 Å². The van der Waals surface area contributed by atoms with Crippen molar-refractivity contribution < 1.29 is 4.74 Å². The Balaban J connectivity index is 2.03. The summed E-state index contributed by atoms with van der Waals surface area (Å²) in [5, 5.41) is 4.72. The normalized spacial score (nSPS) is 23.2. The highest BCUT2D eigenvalue weighted by atomic mass is 35.5. The third-order valence-corrected chi connectivity index (χ3v) is 4.50. The second-order valence-electron chi connectivity index (χ2n) is 5.96. The maximum absolute atomic E-state index is 6.15. The summed E-state index contributed by atoms with van der Waals surface area (Å²) in [6.45, 7) is 8.03. The molecule has 20 heavy (non-hydrogen) atoms. The van der Waals surface area contributed by atoms with Crippen molar-refractivity contribution in [2.24, 2.45) is 11.8 Å². The van der Waals surface area contributed by atoms with Gasteiger partial charge in [0.2, 0.25) is 0 Å². The van der Waals surface area contributed by atoms with Gasteiger partial charge in [0, 0.05) is 19.1 Å². The van der Waals surface area contributed by atoms with Crippen LogP contribution < -0.4 is 5.32 Å². The number of halogens is 2. The number of hydrogen-bond acceptors (Lipinski definition) is 2. The first kappa shape index (κ1) is 16.1. The monoisotopic (exact) mass is 315 g/mol. The number of benzene rings is 1. The average molecular weight is 316 g/mol. The van der Waals surface area contributed by atoms with Gasteiger partial charge in [-0.15, -0.1) is 0 Å². The zero-order chi connectivity index (χ0) is 14.5. The van der Waals surface area contributed by atoms with Gasteiger partial charge in [-0.3, -0.25) is 0 Å². The minimum Gasteiger partial charge on any atom is -0.381 e. The van der Waals surface area contributed by atoms with E-state index in [-0.39, 0.29) is 0 Å². The van der Waals surface area contributed by atoms with Crippen molar-refractivity contribution in [1.82, 2.24) is 5.32 Å². The molecule has 0 aromatic heterocycles. The summed E-state index contributed by atoms with van der Waals surface area (Å²) in [5.74, 6) is 1.58. The van der Waals surface area contributed by atoms with E-state index in [1.807, 2.05) is 12.1 Å². The smallest absolute Gasteiger partial charge is 0.0595 e. The van der Waals surface area contributed by atoms with Crippen LogP contribution in [-0.4, -0.2) is 26.3 Å². The van der Waals surface area contributed by atoms with Crippen LogP contribution in [0, 0.1) is 11.8 Å². The van der Waals surface area contributed by atoms with E-state index in [1.54, 1.807) is 0 Å². The molecule has 2 atom stereocenters. The van der Waals surface area contributed by atoms with Gasteiger partial charge in [0.25, 0.3) is 0 Å². The topological polar surface area (TPSA) is 21.3 Å². The molecule has 0 saturated carbocycles. The summed E-state index contributed by atoms with van der Waals surface area (Å²) in [4.78, 5) is 0. The Labute approximate surface area is 131 Å². The lowest BCUT2D eigenvalue weighted by Gasteiger charge is -2.32. The lowest BCUT2D eigenvalue weighted by atomic mass is 9.81. The van der Waals surface area contributed by atoms with Crippen LogP contribution >= 0.6 is 23.2 Å². The standard InChI is InChI=1S/C16H23Cl2NO/c1-11(2)9-20-10-13-8-19-6-5-14(13)12-3-4-15(17)16(18)7-12/h3-4,7,11,13-14,19H,5-6,8-10H2,1-2H3/t13-,14+/m0/s1. The number of rotatable bonds is 5. The SMILES string of the molecule is CC(C)COC[C@@H]1CNCC[C@@H]1c1ccc(Cl)c(Cl)c1. The van der Waals surface area contributed by atoms with Gasteiger partial charge in [-0.2, -0.15) is 0 Å². The fourth-order valence-electron chi connectivity index (χ4n) is 2.74. The highest BCUT2D eigenvalue weighted by Gasteiger charge is 2.27. The second kappa shape index (κ2) is 7.65. The zero-order valence-corrected chi connectivity index (χ0v) is 13.7. The molecular weight excluding hydrogens is 293 g/mol. The van der Waals surface area contributed by atoms with Crippen LogP contribution in [0.5, 0.6) is 0 Å². The van der Waals surface area contributed by atoms with Crippen molar-refractivity contribution in [3.8, 4) is 0 Å². The van der Waals surface area contributed by atoms with Crippen molar-refractivity contribution in [3.05, 3.63) is 33.8 Å². The molecule has 0 radical (unpaired) electrons. The Morgan fingerprint density at radius 2 is 2.10 bits per heavy atom. The summed E-state index contributed by atoms with van der Waals surface area (Å²) < 4.78 is 5.84. The second-order valence-corrected chi connectivity index (χ2v) is 6.78. The van der Waals surface area contributed by atoms with Gasteiger partial charge in [0.05, 0.1) is 16.7 Å².